The van der Waals surface area contributed by atoms with Crippen molar-refractivity contribution in [3.8, 4) is 0 Å². The third-order valence-corrected chi connectivity index (χ3v) is 2.33. The first kappa shape index (κ1) is 15.1. The monoisotopic (exact) mass is 262 g/mol. The Balaban J connectivity index is 2.77. The van der Waals surface area contributed by atoms with Gasteiger partial charge in [-0.05, 0) is 38.5 Å². The second-order valence-electron chi connectivity index (χ2n) is 5.39. The molecule has 0 heterocycles. The summed E-state index contributed by atoms with van der Waals surface area (Å²) in [5.41, 5.74) is 6.87. The molecule has 0 saturated carbocycles. The van der Waals surface area contributed by atoms with Crippen molar-refractivity contribution in [2.24, 2.45) is 0 Å². The summed E-state index contributed by atoms with van der Waals surface area (Å²) in [6, 6.07) is 7.46. The lowest BCUT2D eigenvalue weighted by Gasteiger charge is -2.26. The van der Waals surface area contributed by atoms with Crippen LogP contribution in [0, 0.1) is 0 Å². The second-order valence-corrected chi connectivity index (χ2v) is 5.39. The van der Waals surface area contributed by atoms with E-state index in [4.69, 9.17) is 10.5 Å². The number of hydrogen-bond donors (Lipinski definition) is 1. The number of amides is 1. The number of carbonyl (C=O) groups is 1. The minimum absolute atomic E-state index is 0.352. The van der Waals surface area contributed by atoms with Gasteiger partial charge in [0.2, 0.25) is 0 Å². The molecule has 104 valence electrons. The topological polar surface area (TPSA) is 55.6 Å². The highest BCUT2D eigenvalue weighted by atomic mass is 16.6. The van der Waals surface area contributed by atoms with E-state index in [1.54, 1.807) is 11.0 Å². The molecule has 0 saturated heterocycles. The van der Waals surface area contributed by atoms with Crippen molar-refractivity contribution in [3.05, 3.63) is 42.5 Å². The van der Waals surface area contributed by atoms with Gasteiger partial charge in [-0.25, -0.2) is 4.79 Å². The summed E-state index contributed by atoms with van der Waals surface area (Å²) in [7, 11) is 0. The Bertz CT molecular complexity index is 450. The summed E-state index contributed by atoms with van der Waals surface area (Å²) >= 11 is 0. The van der Waals surface area contributed by atoms with Gasteiger partial charge in [-0.2, -0.15) is 0 Å². The Labute approximate surface area is 114 Å². The number of anilines is 1. The molecule has 1 rings (SSSR count). The number of carbonyl (C=O) groups excluding carboxylic acids is 1. The molecule has 0 bridgehead atoms. The lowest BCUT2D eigenvalue weighted by molar-refractivity contribution is 0.0257. The average molecular weight is 262 g/mol. The third-order valence-electron chi connectivity index (χ3n) is 2.33. The van der Waals surface area contributed by atoms with Crippen molar-refractivity contribution in [1.29, 1.82) is 0 Å². The highest BCUT2D eigenvalue weighted by molar-refractivity contribution is 5.68. The van der Waals surface area contributed by atoms with Crippen molar-refractivity contribution in [1.82, 2.24) is 4.90 Å². The average Bonchev–Trinajstić information content (AvgIpc) is 2.26. The normalized spacial score (nSPS) is 10.9. The molecule has 1 amide bonds. The van der Waals surface area contributed by atoms with E-state index in [9.17, 15) is 4.79 Å². The zero-order chi connectivity index (χ0) is 14.5. The Kier molecular flexibility index (Phi) is 4.98. The summed E-state index contributed by atoms with van der Waals surface area (Å²) < 4.78 is 5.36. The van der Waals surface area contributed by atoms with Crippen LogP contribution in [0.2, 0.25) is 0 Å². The van der Waals surface area contributed by atoms with E-state index < -0.39 is 5.60 Å². The molecule has 1 aromatic rings. The lowest BCUT2D eigenvalue weighted by atomic mass is 10.2. The van der Waals surface area contributed by atoms with Crippen molar-refractivity contribution in [2.75, 3.05) is 12.3 Å². The second kappa shape index (κ2) is 6.27. The molecule has 19 heavy (non-hydrogen) atoms. The number of nitrogens with zero attached hydrogens (tertiary/aromatic N) is 1. The Morgan fingerprint density at radius 2 is 2.16 bits per heavy atom. The molecule has 0 radical (unpaired) electrons. The van der Waals surface area contributed by atoms with E-state index in [1.165, 1.54) is 0 Å². The van der Waals surface area contributed by atoms with Gasteiger partial charge in [0.1, 0.15) is 5.60 Å². The van der Waals surface area contributed by atoms with Crippen LogP contribution >= 0.6 is 0 Å². The predicted molar refractivity (Wildman–Crippen MR) is 77.7 cm³/mol. The molecule has 0 aliphatic heterocycles. The van der Waals surface area contributed by atoms with Gasteiger partial charge in [-0.1, -0.05) is 18.2 Å². The van der Waals surface area contributed by atoms with E-state index in [0.717, 1.165) is 5.56 Å². The molecule has 0 atom stereocenters. The highest BCUT2D eigenvalue weighted by Gasteiger charge is 2.21. The summed E-state index contributed by atoms with van der Waals surface area (Å²) in [6.07, 6.45) is 1.32. The van der Waals surface area contributed by atoms with Crippen molar-refractivity contribution in [2.45, 2.75) is 32.9 Å². The first-order valence-corrected chi connectivity index (χ1v) is 6.25. The maximum absolute atomic E-state index is 12.1. The maximum Gasteiger partial charge on any atom is 0.410 e. The molecule has 0 aliphatic carbocycles. The Morgan fingerprint density at radius 3 is 2.68 bits per heavy atom. The van der Waals surface area contributed by atoms with E-state index >= 15 is 0 Å². The summed E-state index contributed by atoms with van der Waals surface area (Å²) in [5.74, 6) is 0. The van der Waals surface area contributed by atoms with Gasteiger partial charge in [0.15, 0.2) is 0 Å². The maximum atomic E-state index is 12.1. The number of nitrogen functional groups attached to an aromatic ring is 1. The number of nitrogens with two attached hydrogens (primary N) is 1. The van der Waals surface area contributed by atoms with Crippen LogP contribution in [-0.4, -0.2) is 23.1 Å². The van der Waals surface area contributed by atoms with Gasteiger partial charge < -0.3 is 15.4 Å². The molecule has 1 aromatic carbocycles. The van der Waals surface area contributed by atoms with Gasteiger partial charge in [0.25, 0.3) is 0 Å². The first-order valence-electron chi connectivity index (χ1n) is 6.25. The van der Waals surface area contributed by atoms with Gasteiger partial charge in [-0.3, -0.25) is 0 Å². The zero-order valence-electron chi connectivity index (χ0n) is 11.8. The minimum Gasteiger partial charge on any atom is -0.444 e. The summed E-state index contributed by atoms with van der Waals surface area (Å²) in [6.45, 7) is 10.1. The number of hydrogen-bond acceptors (Lipinski definition) is 3. The molecule has 2 N–H and O–H groups in total. The van der Waals surface area contributed by atoms with Crippen molar-refractivity contribution >= 4 is 11.8 Å². The molecule has 0 spiro atoms. The van der Waals surface area contributed by atoms with Crippen LogP contribution in [0.3, 0.4) is 0 Å². The van der Waals surface area contributed by atoms with Crippen LogP contribution in [0.5, 0.6) is 0 Å². The molecule has 4 heteroatoms. The molecule has 0 aliphatic rings. The third kappa shape index (κ3) is 5.46. The van der Waals surface area contributed by atoms with Crippen LogP contribution in [0.1, 0.15) is 26.3 Å². The number of benzene rings is 1. The molecule has 0 unspecified atom stereocenters. The highest BCUT2D eigenvalue weighted by Crippen LogP contribution is 2.14. The zero-order valence-corrected chi connectivity index (χ0v) is 11.8. The fourth-order valence-corrected chi connectivity index (χ4v) is 1.60. The largest absolute Gasteiger partial charge is 0.444 e. The van der Waals surface area contributed by atoms with E-state index in [1.807, 2.05) is 45.0 Å². The van der Waals surface area contributed by atoms with E-state index in [-0.39, 0.29) is 6.09 Å². The van der Waals surface area contributed by atoms with Crippen LogP contribution < -0.4 is 5.73 Å². The van der Waals surface area contributed by atoms with Crippen LogP contribution in [0.15, 0.2) is 36.9 Å². The van der Waals surface area contributed by atoms with Crippen LogP contribution in [0.4, 0.5) is 10.5 Å². The Morgan fingerprint density at radius 1 is 1.47 bits per heavy atom. The first-order chi connectivity index (χ1) is 8.81. The fraction of sp³-hybridized carbons (Fsp3) is 0.400. The van der Waals surface area contributed by atoms with Gasteiger partial charge in [-0.15, -0.1) is 6.58 Å². The molecule has 4 nitrogen and oxygen atoms in total. The fourth-order valence-electron chi connectivity index (χ4n) is 1.60. The van der Waals surface area contributed by atoms with Crippen molar-refractivity contribution in [3.63, 3.8) is 0 Å². The van der Waals surface area contributed by atoms with Gasteiger partial charge in [0, 0.05) is 18.8 Å². The summed E-state index contributed by atoms with van der Waals surface area (Å²) in [5, 5.41) is 0. The summed E-state index contributed by atoms with van der Waals surface area (Å²) in [4.78, 5) is 13.7. The standard InChI is InChI=1S/C15H22N2O2/c1-5-9-17(14(18)19-15(2,3)4)11-12-7-6-8-13(16)10-12/h5-8,10H,1,9,11,16H2,2-4H3. The number of ether oxygens (including phenoxy) is 1. The van der Waals surface area contributed by atoms with Gasteiger partial charge in [0.05, 0.1) is 0 Å². The van der Waals surface area contributed by atoms with E-state index in [0.29, 0.717) is 18.8 Å². The molecule has 0 aromatic heterocycles. The molecule has 0 fully saturated rings. The lowest BCUT2D eigenvalue weighted by Crippen LogP contribution is -2.36. The van der Waals surface area contributed by atoms with Crippen LogP contribution in [-0.2, 0) is 11.3 Å². The van der Waals surface area contributed by atoms with Gasteiger partial charge >= 0.3 is 6.09 Å². The minimum atomic E-state index is -0.508. The SMILES string of the molecule is C=CCN(Cc1cccc(N)c1)C(=O)OC(C)(C)C. The van der Waals surface area contributed by atoms with Crippen LogP contribution in [0.25, 0.3) is 0 Å². The quantitative estimate of drug-likeness (QED) is 0.669. The smallest absolute Gasteiger partial charge is 0.410 e. The predicted octanol–water partition coefficient (Wildman–Crippen LogP) is 3.19. The number of rotatable bonds is 4. The van der Waals surface area contributed by atoms with Crippen molar-refractivity contribution < 1.29 is 9.53 Å². The Hall–Kier alpha value is -1.97. The molecular weight excluding hydrogens is 240 g/mol. The molecular formula is C15H22N2O2. The van der Waals surface area contributed by atoms with E-state index in [2.05, 4.69) is 6.58 Å².